The van der Waals surface area contributed by atoms with Gasteiger partial charge in [0.25, 0.3) is 0 Å². The van der Waals surface area contributed by atoms with Crippen molar-refractivity contribution in [1.82, 2.24) is 39.0 Å². The Hall–Kier alpha value is -3.67. The number of aromatic nitrogens is 8. The van der Waals surface area contributed by atoms with Crippen LogP contribution in [0.1, 0.15) is 63.8 Å². The quantitative estimate of drug-likeness (QED) is 0.111. The molecule has 2 aliphatic heterocycles. The van der Waals surface area contributed by atoms with Crippen LogP contribution in [-0.2, 0) is 28.2 Å². The molecule has 4 aliphatic rings. The lowest BCUT2D eigenvalue weighted by Gasteiger charge is -2.17. The van der Waals surface area contributed by atoms with Crippen molar-refractivity contribution in [1.29, 1.82) is 0 Å². The van der Waals surface area contributed by atoms with Gasteiger partial charge < -0.3 is 40.5 Å². The van der Waals surface area contributed by atoms with Gasteiger partial charge in [-0.15, -0.1) is 0 Å². The average molecular weight is 733 g/mol. The van der Waals surface area contributed by atoms with Crippen LogP contribution in [0.25, 0.3) is 22.3 Å². The van der Waals surface area contributed by atoms with E-state index in [1.807, 2.05) is 0 Å². The number of anilines is 2. The van der Waals surface area contributed by atoms with E-state index < -0.39 is 72.7 Å². The number of aliphatic hydroxyl groups is 4. The van der Waals surface area contributed by atoms with E-state index in [-0.39, 0.29) is 12.1 Å². The van der Waals surface area contributed by atoms with Gasteiger partial charge >= 0.3 is 10.4 Å². The lowest BCUT2D eigenvalue weighted by atomic mass is 10.1. The normalized spacial score (nSPS) is 30.7. The summed E-state index contributed by atoms with van der Waals surface area (Å²) in [6.45, 7) is -1.41. The van der Waals surface area contributed by atoms with Crippen molar-refractivity contribution in [2.75, 3.05) is 23.8 Å². The molecule has 8 atom stereocenters. The van der Waals surface area contributed by atoms with Crippen LogP contribution in [0.4, 0.5) is 11.6 Å². The monoisotopic (exact) mass is 732 g/mol. The van der Waals surface area contributed by atoms with Crippen LogP contribution < -0.4 is 10.6 Å². The molecule has 276 valence electrons. The van der Waals surface area contributed by atoms with Crippen LogP contribution in [-0.4, -0.2) is 130 Å². The largest absolute Gasteiger partial charge is 0.400 e. The molecule has 4 fully saturated rings. The summed E-state index contributed by atoms with van der Waals surface area (Å²) < 4.78 is 50.0. The summed E-state index contributed by atoms with van der Waals surface area (Å²) in [5.74, 6) is 1.09. The molecule has 0 spiro atoms. The Morgan fingerprint density at radius 2 is 1.06 bits per heavy atom. The summed E-state index contributed by atoms with van der Waals surface area (Å²) in [5.41, 5.74) is 1.63. The number of hydrogen-bond acceptors (Lipinski definition) is 18. The van der Waals surface area contributed by atoms with Crippen molar-refractivity contribution in [3.05, 3.63) is 25.3 Å². The molecule has 0 bridgehead atoms. The molecule has 51 heavy (non-hydrogen) atoms. The fraction of sp³-hybridized carbons (Fsp3) is 0.667. The lowest BCUT2D eigenvalue weighted by Crippen LogP contribution is -2.36. The van der Waals surface area contributed by atoms with E-state index in [4.69, 9.17) is 17.8 Å². The van der Waals surface area contributed by atoms with Gasteiger partial charge in [0.15, 0.2) is 46.4 Å². The molecule has 2 saturated carbocycles. The summed E-state index contributed by atoms with van der Waals surface area (Å²) >= 11 is 0. The number of nitrogens with one attached hydrogen (secondary N) is 2. The Morgan fingerprint density at radius 1 is 0.647 bits per heavy atom. The van der Waals surface area contributed by atoms with Gasteiger partial charge in [-0.05, 0) is 25.7 Å². The average Bonchev–Trinajstić information content (AvgIpc) is 3.98. The van der Waals surface area contributed by atoms with Crippen molar-refractivity contribution in [2.45, 2.75) is 113 Å². The van der Waals surface area contributed by atoms with Gasteiger partial charge in [0.2, 0.25) is 0 Å². The summed E-state index contributed by atoms with van der Waals surface area (Å²) in [4.78, 5) is 26.0. The third-order valence-corrected chi connectivity index (χ3v) is 10.9. The highest BCUT2D eigenvalue weighted by molar-refractivity contribution is 7.81. The second-order valence-electron chi connectivity index (χ2n) is 13.4. The highest BCUT2D eigenvalue weighted by Crippen LogP contribution is 2.35. The maximum atomic E-state index is 12.7. The number of hydrogen-bond donors (Lipinski definition) is 6. The molecular formula is C30H40N10O10S. The van der Waals surface area contributed by atoms with E-state index in [1.165, 1.54) is 34.4 Å². The molecule has 6 heterocycles. The first-order chi connectivity index (χ1) is 24.7. The molecule has 6 N–H and O–H groups in total. The maximum absolute atomic E-state index is 12.7. The molecule has 20 nitrogen and oxygen atoms in total. The molecule has 4 aromatic heterocycles. The molecule has 21 heteroatoms. The fourth-order valence-electron chi connectivity index (χ4n) is 7.34. The van der Waals surface area contributed by atoms with Crippen LogP contribution in [0.3, 0.4) is 0 Å². The first-order valence-electron chi connectivity index (χ1n) is 17.1. The smallest absolute Gasteiger partial charge is 0.387 e. The standard InChI is InChI=1S/C30H40N10O10S/c41-21-17(49-29(23(21)43)39-13-35-19-25(31-11-33-27(19)39)37-15-5-1-2-6-15)9-47-51(45,46)48-10-18-22(42)24(44)30(50-18)40-14-36-20-26(32-12-34-28(20)40)38-16-7-3-4-8-16/h11-18,21-24,29-30,41-44H,1-10H2,(H,31,33,37)(H,32,34,38)/t17-,18-,21-,22-,23-,24-,29-,30-/m1/s1. The minimum Gasteiger partial charge on any atom is -0.387 e. The second-order valence-corrected chi connectivity index (χ2v) is 14.7. The van der Waals surface area contributed by atoms with Crippen molar-refractivity contribution in [3.8, 4) is 0 Å². The van der Waals surface area contributed by atoms with Crippen molar-refractivity contribution in [2.24, 2.45) is 0 Å². The number of aliphatic hydroxyl groups excluding tert-OH is 4. The fourth-order valence-corrected chi connectivity index (χ4v) is 8.01. The Bertz CT molecular complexity index is 1820. The Morgan fingerprint density at radius 3 is 1.47 bits per heavy atom. The van der Waals surface area contributed by atoms with Gasteiger partial charge in [0.05, 0.1) is 25.9 Å². The molecule has 2 saturated heterocycles. The number of fused-ring (bicyclic) bond motifs is 2. The van der Waals surface area contributed by atoms with Crippen molar-refractivity contribution < 1.29 is 46.7 Å². The molecule has 0 radical (unpaired) electrons. The van der Waals surface area contributed by atoms with Crippen LogP contribution in [0, 0.1) is 0 Å². The van der Waals surface area contributed by atoms with Crippen LogP contribution >= 0.6 is 0 Å². The Kier molecular flexibility index (Phi) is 9.48. The lowest BCUT2D eigenvalue weighted by molar-refractivity contribution is -0.0551. The minimum atomic E-state index is -4.73. The number of rotatable bonds is 12. The van der Waals surface area contributed by atoms with Crippen LogP contribution in [0.5, 0.6) is 0 Å². The van der Waals surface area contributed by atoms with E-state index >= 15 is 0 Å². The third kappa shape index (κ3) is 6.73. The van der Waals surface area contributed by atoms with Gasteiger partial charge in [-0.2, -0.15) is 8.42 Å². The molecule has 0 amide bonds. The van der Waals surface area contributed by atoms with E-state index in [0.717, 1.165) is 51.4 Å². The molecule has 0 unspecified atom stereocenters. The van der Waals surface area contributed by atoms with Gasteiger partial charge in [-0.3, -0.25) is 9.13 Å². The number of imidazole rings is 2. The molecular weight excluding hydrogens is 692 g/mol. The first-order valence-corrected chi connectivity index (χ1v) is 18.5. The summed E-state index contributed by atoms with van der Waals surface area (Å²) in [5, 5.41) is 49.9. The third-order valence-electron chi connectivity index (χ3n) is 10.1. The van der Waals surface area contributed by atoms with Crippen LogP contribution in [0.15, 0.2) is 25.3 Å². The Labute approximate surface area is 291 Å². The summed E-state index contributed by atoms with van der Waals surface area (Å²) in [6, 6.07) is 0.543. The van der Waals surface area contributed by atoms with Crippen molar-refractivity contribution in [3.63, 3.8) is 0 Å². The van der Waals surface area contributed by atoms with E-state index in [1.54, 1.807) is 0 Å². The summed E-state index contributed by atoms with van der Waals surface area (Å²) in [6.07, 6.45) is 3.27. The number of nitrogens with zero attached hydrogens (tertiary/aromatic N) is 8. The van der Waals surface area contributed by atoms with Crippen molar-refractivity contribution >= 4 is 44.4 Å². The van der Waals surface area contributed by atoms with E-state index in [9.17, 15) is 28.8 Å². The highest BCUT2D eigenvalue weighted by Gasteiger charge is 2.47. The minimum absolute atomic E-state index is 0.271. The maximum Gasteiger partial charge on any atom is 0.400 e. The van der Waals surface area contributed by atoms with Gasteiger partial charge in [-0.1, -0.05) is 25.7 Å². The van der Waals surface area contributed by atoms with E-state index in [0.29, 0.717) is 34.0 Å². The zero-order valence-corrected chi connectivity index (χ0v) is 28.2. The predicted octanol–water partition coefficient (Wildman–Crippen LogP) is -0.108. The molecule has 2 aliphatic carbocycles. The van der Waals surface area contributed by atoms with Gasteiger partial charge in [0, 0.05) is 12.1 Å². The van der Waals surface area contributed by atoms with Crippen LogP contribution in [0.2, 0.25) is 0 Å². The van der Waals surface area contributed by atoms with Gasteiger partial charge in [0.1, 0.15) is 49.3 Å². The second kappa shape index (κ2) is 14.0. The molecule has 4 aromatic rings. The Balaban J connectivity index is 0.879. The topological polar surface area (TPSA) is 263 Å². The SMILES string of the molecule is O=S(=O)(OC[C@H]1O[C@@H](n2cnc3c(NC4CCCC4)ncnc32)[C@H](O)[C@@H]1O)OC[C@H]1O[C@@H](n2cnc3c(NC4CCCC4)ncnc32)[C@H](O)[C@@H]1O. The highest BCUT2D eigenvalue weighted by atomic mass is 32.3. The molecule has 8 rings (SSSR count). The molecule has 0 aromatic carbocycles. The first kappa shape index (κ1) is 34.4. The zero-order valence-electron chi connectivity index (χ0n) is 27.4. The van der Waals surface area contributed by atoms with E-state index in [2.05, 4.69) is 40.5 Å². The summed E-state index contributed by atoms with van der Waals surface area (Å²) in [7, 11) is -4.73. The zero-order chi connectivity index (χ0) is 35.3. The van der Waals surface area contributed by atoms with Gasteiger partial charge in [-0.25, -0.2) is 38.3 Å². The predicted molar refractivity (Wildman–Crippen MR) is 175 cm³/mol. The number of ether oxygens (including phenoxy) is 2.